The molecule has 2 rings (SSSR count). The van der Waals surface area contributed by atoms with Crippen molar-refractivity contribution in [3.63, 3.8) is 0 Å². The third-order valence-corrected chi connectivity index (χ3v) is 3.71. The Morgan fingerprint density at radius 1 is 1.45 bits per heavy atom. The van der Waals surface area contributed by atoms with Crippen LogP contribution < -0.4 is 11.1 Å². The van der Waals surface area contributed by atoms with Gasteiger partial charge in [0.15, 0.2) is 0 Å². The molecule has 5 heteroatoms. The van der Waals surface area contributed by atoms with E-state index in [1.54, 1.807) is 0 Å². The molecule has 108 valence electrons. The van der Waals surface area contributed by atoms with Crippen molar-refractivity contribution >= 4 is 16.8 Å². The molecule has 1 aromatic carbocycles. The topological polar surface area (TPSA) is 72.9 Å². The van der Waals surface area contributed by atoms with Crippen LogP contribution in [0.15, 0.2) is 30.5 Å². The lowest BCUT2D eigenvalue weighted by atomic mass is 9.95. The minimum atomic E-state index is -0.641. The molecule has 1 aromatic heterocycles. The van der Waals surface area contributed by atoms with Gasteiger partial charge in [-0.1, -0.05) is 25.1 Å². The Morgan fingerprint density at radius 3 is 2.90 bits per heavy atom. The van der Waals surface area contributed by atoms with Gasteiger partial charge in [0, 0.05) is 11.9 Å². The number of carbonyl (C=O) groups excluding carboxylic acids is 1. The van der Waals surface area contributed by atoms with Gasteiger partial charge in [0.2, 0.25) is 5.91 Å². The molecule has 20 heavy (non-hydrogen) atoms. The normalized spacial score (nSPS) is 14.3. The van der Waals surface area contributed by atoms with Crippen LogP contribution in [-0.2, 0) is 11.3 Å². The Labute approximate surface area is 119 Å². The Hall–Kier alpha value is -1.88. The number of rotatable bonds is 7. The molecule has 5 nitrogen and oxygen atoms in total. The van der Waals surface area contributed by atoms with Gasteiger partial charge in [0.1, 0.15) is 0 Å². The Kier molecular flexibility index (Phi) is 4.39. The van der Waals surface area contributed by atoms with E-state index in [4.69, 9.17) is 5.73 Å². The van der Waals surface area contributed by atoms with E-state index in [0.29, 0.717) is 6.42 Å². The third kappa shape index (κ3) is 2.99. The number of hydrogen-bond acceptors (Lipinski definition) is 3. The van der Waals surface area contributed by atoms with Crippen LogP contribution in [0.1, 0.15) is 26.7 Å². The van der Waals surface area contributed by atoms with Gasteiger partial charge in [-0.25, -0.2) is 0 Å². The number of nitrogens with two attached hydrogens (primary N) is 1. The van der Waals surface area contributed by atoms with Gasteiger partial charge in [0.05, 0.1) is 17.3 Å². The summed E-state index contributed by atoms with van der Waals surface area (Å²) in [7, 11) is 0. The highest BCUT2D eigenvalue weighted by Gasteiger charge is 2.29. The van der Waals surface area contributed by atoms with Crippen molar-refractivity contribution in [3.05, 3.63) is 30.5 Å². The number of aromatic nitrogens is 2. The minimum absolute atomic E-state index is 0.301. The van der Waals surface area contributed by atoms with Gasteiger partial charge < -0.3 is 11.1 Å². The summed E-state index contributed by atoms with van der Waals surface area (Å²) >= 11 is 0. The molecule has 0 radical (unpaired) electrons. The number of carbonyl (C=O) groups is 1. The maximum Gasteiger partial charge on any atom is 0.237 e. The van der Waals surface area contributed by atoms with Crippen molar-refractivity contribution < 1.29 is 4.79 Å². The van der Waals surface area contributed by atoms with Crippen molar-refractivity contribution in [1.29, 1.82) is 0 Å². The molecule has 0 bridgehead atoms. The van der Waals surface area contributed by atoms with Crippen molar-refractivity contribution in [2.24, 2.45) is 5.73 Å². The first-order valence-electron chi connectivity index (χ1n) is 7.02. The summed E-state index contributed by atoms with van der Waals surface area (Å²) in [4.78, 5) is 11.6. The van der Waals surface area contributed by atoms with Crippen LogP contribution >= 0.6 is 0 Å². The van der Waals surface area contributed by atoms with Crippen molar-refractivity contribution in [3.8, 4) is 0 Å². The number of nitrogens with one attached hydrogen (secondary N) is 1. The second-order valence-corrected chi connectivity index (χ2v) is 5.26. The Balaban J connectivity index is 2.00. The summed E-state index contributed by atoms with van der Waals surface area (Å²) < 4.78 is 1.97. The molecule has 1 atom stereocenters. The van der Waals surface area contributed by atoms with E-state index >= 15 is 0 Å². The maximum absolute atomic E-state index is 11.6. The fraction of sp³-hybridized carbons (Fsp3) is 0.467. The van der Waals surface area contributed by atoms with Gasteiger partial charge >= 0.3 is 0 Å². The third-order valence-electron chi connectivity index (χ3n) is 3.71. The highest BCUT2D eigenvalue weighted by atomic mass is 16.1. The molecule has 1 amide bonds. The molecule has 0 aliphatic carbocycles. The summed E-state index contributed by atoms with van der Waals surface area (Å²) in [6.07, 6.45) is 3.41. The van der Waals surface area contributed by atoms with Crippen LogP contribution in [0.25, 0.3) is 10.9 Å². The number of para-hydroxylation sites is 1. The number of hydrogen-bond donors (Lipinski definition) is 2. The van der Waals surface area contributed by atoms with E-state index in [-0.39, 0.29) is 5.91 Å². The SMILES string of the molecule is CCNC(C)(CCCn1ncc2ccccc21)C(N)=O. The van der Waals surface area contributed by atoms with Crippen LogP contribution in [-0.4, -0.2) is 27.8 Å². The van der Waals surface area contributed by atoms with E-state index in [1.807, 2.05) is 42.9 Å². The molecular weight excluding hydrogens is 252 g/mol. The summed E-state index contributed by atoms with van der Waals surface area (Å²) in [6.45, 7) is 5.34. The highest BCUT2D eigenvalue weighted by Crippen LogP contribution is 2.16. The first kappa shape index (κ1) is 14.5. The Bertz CT molecular complexity index is 592. The van der Waals surface area contributed by atoms with Gasteiger partial charge in [-0.2, -0.15) is 5.10 Å². The van der Waals surface area contributed by atoms with E-state index in [2.05, 4.69) is 16.5 Å². The number of aryl methyl sites for hydroxylation is 1. The molecule has 0 fully saturated rings. The molecule has 0 saturated heterocycles. The van der Waals surface area contributed by atoms with E-state index in [0.717, 1.165) is 30.4 Å². The fourth-order valence-electron chi connectivity index (χ4n) is 2.48. The standard InChI is InChI=1S/C15H22N4O/c1-3-17-15(2,14(16)20)9-6-10-19-13-8-5-4-7-12(13)11-18-19/h4-5,7-8,11,17H,3,6,9-10H2,1-2H3,(H2,16,20). The lowest BCUT2D eigenvalue weighted by molar-refractivity contribution is -0.124. The van der Waals surface area contributed by atoms with E-state index in [9.17, 15) is 4.79 Å². The Morgan fingerprint density at radius 2 is 2.20 bits per heavy atom. The number of fused-ring (bicyclic) bond motifs is 1. The molecule has 0 aliphatic rings. The number of likely N-dealkylation sites (N-methyl/N-ethyl adjacent to an activating group) is 1. The largest absolute Gasteiger partial charge is 0.368 e. The van der Waals surface area contributed by atoms with Crippen LogP contribution in [0.4, 0.5) is 0 Å². The molecule has 3 N–H and O–H groups in total. The smallest absolute Gasteiger partial charge is 0.237 e. The molecule has 2 aromatic rings. The maximum atomic E-state index is 11.6. The lowest BCUT2D eigenvalue weighted by Crippen LogP contribution is -2.53. The number of benzene rings is 1. The van der Waals surface area contributed by atoms with Gasteiger partial charge in [0.25, 0.3) is 0 Å². The van der Waals surface area contributed by atoms with Crippen molar-refractivity contribution in [1.82, 2.24) is 15.1 Å². The van der Waals surface area contributed by atoms with Gasteiger partial charge in [-0.05, 0) is 32.4 Å². The zero-order valence-corrected chi connectivity index (χ0v) is 12.1. The molecule has 1 unspecified atom stereocenters. The molecular formula is C15H22N4O. The number of primary amides is 1. The van der Waals surface area contributed by atoms with Crippen molar-refractivity contribution in [2.75, 3.05) is 6.54 Å². The minimum Gasteiger partial charge on any atom is -0.368 e. The first-order valence-corrected chi connectivity index (χ1v) is 7.02. The zero-order chi connectivity index (χ0) is 14.6. The summed E-state index contributed by atoms with van der Waals surface area (Å²) in [6, 6.07) is 8.11. The summed E-state index contributed by atoms with van der Waals surface area (Å²) in [5.41, 5.74) is 5.96. The lowest BCUT2D eigenvalue weighted by Gasteiger charge is -2.26. The van der Waals surface area contributed by atoms with Crippen LogP contribution in [0.2, 0.25) is 0 Å². The first-order chi connectivity index (χ1) is 9.57. The molecule has 0 saturated carbocycles. The fourth-order valence-corrected chi connectivity index (χ4v) is 2.48. The average molecular weight is 274 g/mol. The van der Waals surface area contributed by atoms with Gasteiger partial charge in [-0.3, -0.25) is 9.48 Å². The average Bonchev–Trinajstić information content (AvgIpc) is 2.82. The van der Waals surface area contributed by atoms with Crippen molar-refractivity contribution in [2.45, 2.75) is 38.8 Å². The van der Waals surface area contributed by atoms with Gasteiger partial charge in [-0.15, -0.1) is 0 Å². The van der Waals surface area contributed by atoms with Crippen LogP contribution in [0, 0.1) is 0 Å². The van der Waals surface area contributed by atoms with Crippen LogP contribution in [0.3, 0.4) is 0 Å². The highest BCUT2D eigenvalue weighted by molar-refractivity contribution is 5.84. The number of nitrogens with zero attached hydrogens (tertiary/aromatic N) is 2. The predicted octanol–water partition coefficient (Wildman–Crippen LogP) is 1.67. The zero-order valence-electron chi connectivity index (χ0n) is 12.1. The monoisotopic (exact) mass is 274 g/mol. The summed E-state index contributed by atoms with van der Waals surface area (Å²) in [5, 5.41) is 8.69. The molecule has 0 spiro atoms. The second kappa shape index (κ2) is 6.05. The number of amides is 1. The second-order valence-electron chi connectivity index (χ2n) is 5.26. The van der Waals surface area contributed by atoms with Crippen LogP contribution in [0.5, 0.6) is 0 Å². The quantitative estimate of drug-likeness (QED) is 0.806. The summed E-state index contributed by atoms with van der Waals surface area (Å²) in [5.74, 6) is -0.301. The molecule has 1 heterocycles. The van der Waals surface area contributed by atoms with E-state index in [1.165, 1.54) is 0 Å². The molecule has 0 aliphatic heterocycles. The van der Waals surface area contributed by atoms with E-state index < -0.39 is 5.54 Å². The predicted molar refractivity (Wildman–Crippen MR) is 80.2 cm³/mol.